The lowest BCUT2D eigenvalue weighted by molar-refractivity contribution is 0.670. The van der Waals surface area contributed by atoms with Crippen molar-refractivity contribution in [2.45, 2.75) is 19.8 Å². The lowest BCUT2D eigenvalue weighted by Crippen LogP contribution is -2.17. The molecular formula is C14H17ClN2S. The SMILES string of the molecule is CCCNCCc1nc(-c2ccc(Cl)cc2)cs1. The molecule has 0 amide bonds. The zero-order valence-corrected chi connectivity index (χ0v) is 12.0. The topological polar surface area (TPSA) is 24.9 Å². The molecule has 0 spiro atoms. The molecule has 0 aliphatic heterocycles. The van der Waals surface area contributed by atoms with Crippen LogP contribution >= 0.6 is 22.9 Å². The molecule has 0 atom stereocenters. The van der Waals surface area contributed by atoms with Gasteiger partial charge in [-0.15, -0.1) is 11.3 Å². The molecule has 4 heteroatoms. The Hall–Kier alpha value is -0.900. The second-order valence-electron chi connectivity index (χ2n) is 4.13. The van der Waals surface area contributed by atoms with Crippen molar-refractivity contribution in [3.63, 3.8) is 0 Å². The molecule has 2 nitrogen and oxygen atoms in total. The van der Waals surface area contributed by atoms with E-state index in [-0.39, 0.29) is 0 Å². The summed E-state index contributed by atoms with van der Waals surface area (Å²) >= 11 is 7.60. The molecule has 0 bridgehead atoms. The van der Waals surface area contributed by atoms with Crippen LogP contribution in [0.2, 0.25) is 5.02 Å². The van der Waals surface area contributed by atoms with Crippen LogP contribution in [0, 0.1) is 0 Å². The van der Waals surface area contributed by atoms with Crippen LogP contribution in [-0.4, -0.2) is 18.1 Å². The van der Waals surface area contributed by atoms with Crippen LogP contribution in [0.3, 0.4) is 0 Å². The standard InChI is InChI=1S/C14H17ClN2S/c1-2-8-16-9-7-14-17-13(10-18-14)11-3-5-12(15)6-4-11/h3-6,10,16H,2,7-9H2,1H3. The van der Waals surface area contributed by atoms with Crippen LogP contribution in [0.25, 0.3) is 11.3 Å². The van der Waals surface area contributed by atoms with Crippen molar-refractivity contribution >= 4 is 22.9 Å². The van der Waals surface area contributed by atoms with Gasteiger partial charge < -0.3 is 5.32 Å². The maximum atomic E-state index is 5.88. The maximum absolute atomic E-state index is 5.88. The van der Waals surface area contributed by atoms with Crippen LogP contribution in [0.4, 0.5) is 0 Å². The third-order valence-electron chi connectivity index (χ3n) is 2.63. The second kappa shape index (κ2) is 6.88. The first kappa shape index (κ1) is 13.5. The fourth-order valence-corrected chi connectivity index (χ4v) is 2.61. The van der Waals surface area contributed by atoms with Crippen LogP contribution in [0.15, 0.2) is 29.6 Å². The molecule has 0 radical (unpaired) electrons. The molecule has 2 rings (SSSR count). The van der Waals surface area contributed by atoms with Gasteiger partial charge in [0.25, 0.3) is 0 Å². The summed E-state index contributed by atoms with van der Waals surface area (Å²) in [6, 6.07) is 7.82. The van der Waals surface area contributed by atoms with Crippen molar-refractivity contribution < 1.29 is 0 Å². The quantitative estimate of drug-likeness (QED) is 0.809. The highest BCUT2D eigenvalue weighted by molar-refractivity contribution is 7.09. The number of hydrogen-bond donors (Lipinski definition) is 1. The summed E-state index contributed by atoms with van der Waals surface area (Å²) in [7, 11) is 0. The summed E-state index contributed by atoms with van der Waals surface area (Å²) < 4.78 is 0. The van der Waals surface area contributed by atoms with Crippen molar-refractivity contribution in [3.8, 4) is 11.3 Å². The zero-order chi connectivity index (χ0) is 12.8. The van der Waals surface area contributed by atoms with Gasteiger partial charge in [0.15, 0.2) is 0 Å². The molecule has 0 saturated heterocycles. The summed E-state index contributed by atoms with van der Waals surface area (Å²) in [4.78, 5) is 4.64. The van der Waals surface area contributed by atoms with Gasteiger partial charge in [-0.1, -0.05) is 30.7 Å². The smallest absolute Gasteiger partial charge is 0.0945 e. The van der Waals surface area contributed by atoms with E-state index in [0.717, 1.165) is 35.8 Å². The van der Waals surface area contributed by atoms with E-state index in [2.05, 4.69) is 22.6 Å². The van der Waals surface area contributed by atoms with E-state index in [1.54, 1.807) is 11.3 Å². The van der Waals surface area contributed by atoms with Crippen molar-refractivity contribution in [1.29, 1.82) is 0 Å². The van der Waals surface area contributed by atoms with E-state index >= 15 is 0 Å². The zero-order valence-electron chi connectivity index (χ0n) is 10.4. The molecule has 0 aliphatic rings. The third-order valence-corrected chi connectivity index (χ3v) is 3.79. The molecule has 0 aliphatic carbocycles. The van der Waals surface area contributed by atoms with E-state index in [4.69, 9.17) is 11.6 Å². The van der Waals surface area contributed by atoms with Gasteiger partial charge in [0.05, 0.1) is 10.7 Å². The third kappa shape index (κ3) is 3.80. The highest BCUT2D eigenvalue weighted by atomic mass is 35.5. The summed E-state index contributed by atoms with van der Waals surface area (Å²) in [6.07, 6.45) is 2.17. The number of nitrogens with zero attached hydrogens (tertiary/aromatic N) is 1. The molecule has 18 heavy (non-hydrogen) atoms. The normalized spacial score (nSPS) is 10.8. The number of halogens is 1. The van der Waals surface area contributed by atoms with E-state index in [1.807, 2.05) is 24.3 Å². The number of rotatable bonds is 6. The number of benzene rings is 1. The molecule has 1 aromatic heterocycles. The molecule has 0 saturated carbocycles. The summed E-state index contributed by atoms with van der Waals surface area (Å²) in [6.45, 7) is 4.26. The van der Waals surface area contributed by atoms with Gasteiger partial charge >= 0.3 is 0 Å². The fourth-order valence-electron chi connectivity index (χ4n) is 1.68. The lowest BCUT2D eigenvalue weighted by Gasteiger charge is -1.99. The molecule has 96 valence electrons. The highest BCUT2D eigenvalue weighted by Crippen LogP contribution is 2.23. The van der Waals surface area contributed by atoms with Gasteiger partial charge in [-0.25, -0.2) is 4.98 Å². The van der Waals surface area contributed by atoms with Crippen molar-refractivity contribution in [3.05, 3.63) is 39.7 Å². The summed E-state index contributed by atoms with van der Waals surface area (Å²) in [5, 5.41) is 7.44. The van der Waals surface area contributed by atoms with Crippen molar-refractivity contribution in [1.82, 2.24) is 10.3 Å². The summed E-state index contributed by atoms with van der Waals surface area (Å²) in [5.41, 5.74) is 2.17. The Balaban J connectivity index is 1.95. The number of thiazole rings is 1. The number of hydrogen-bond acceptors (Lipinski definition) is 3. The van der Waals surface area contributed by atoms with Crippen molar-refractivity contribution in [2.75, 3.05) is 13.1 Å². The van der Waals surface area contributed by atoms with Gasteiger partial charge in [-0.2, -0.15) is 0 Å². The van der Waals surface area contributed by atoms with Gasteiger partial charge in [0.2, 0.25) is 0 Å². The first-order valence-electron chi connectivity index (χ1n) is 6.20. The average Bonchev–Trinajstić information content (AvgIpc) is 2.84. The Labute approximate surface area is 117 Å². The number of aromatic nitrogens is 1. The first-order chi connectivity index (χ1) is 8.79. The lowest BCUT2D eigenvalue weighted by atomic mass is 10.2. The van der Waals surface area contributed by atoms with Gasteiger partial charge in [-0.05, 0) is 25.1 Å². The van der Waals surface area contributed by atoms with Crippen LogP contribution in [0.1, 0.15) is 18.4 Å². The minimum atomic E-state index is 0.762. The predicted molar refractivity (Wildman–Crippen MR) is 79.4 cm³/mol. The Kier molecular flexibility index (Phi) is 5.17. The van der Waals surface area contributed by atoms with E-state index in [1.165, 1.54) is 11.4 Å². The molecule has 2 aromatic rings. The molecule has 0 unspecified atom stereocenters. The van der Waals surface area contributed by atoms with Crippen molar-refractivity contribution in [2.24, 2.45) is 0 Å². The largest absolute Gasteiger partial charge is 0.316 e. The predicted octanol–water partition coefficient (Wildman–Crippen LogP) is 4.01. The number of nitrogens with one attached hydrogen (secondary N) is 1. The summed E-state index contributed by atoms with van der Waals surface area (Å²) in [5.74, 6) is 0. The van der Waals surface area contributed by atoms with Crippen LogP contribution in [-0.2, 0) is 6.42 Å². The van der Waals surface area contributed by atoms with Gasteiger partial charge in [0, 0.05) is 28.9 Å². The van der Waals surface area contributed by atoms with Gasteiger partial charge in [0.1, 0.15) is 0 Å². The van der Waals surface area contributed by atoms with E-state index < -0.39 is 0 Å². The second-order valence-corrected chi connectivity index (χ2v) is 5.51. The Bertz CT molecular complexity index is 479. The highest BCUT2D eigenvalue weighted by Gasteiger charge is 2.04. The van der Waals surface area contributed by atoms with E-state index in [9.17, 15) is 0 Å². The monoisotopic (exact) mass is 280 g/mol. The Morgan fingerprint density at radius 3 is 2.72 bits per heavy atom. The first-order valence-corrected chi connectivity index (χ1v) is 7.46. The molecule has 1 heterocycles. The average molecular weight is 281 g/mol. The molecular weight excluding hydrogens is 264 g/mol. The van der Waals surface area contributed by atoms with E-state index in [0.29, 0.717) is 0 Å². The molecule has 1 aromatic carbocycles. The Morgan fingerprint density at radius 1 is 1.22 bits per heavy atom. The molecule has 0 fully saturated rings. The van der Waals surface area contributed by atoms with Gasteiger partial charge in [-0.3, -0.25) is 0 Å². The fraction of sp³-hybridized carbons (Fsp3) is 0.357. The minimum Gasteiger partial charge on any atom is -0.316 e. The maximum Gasteiger partial charge on any atom is 0.0945 e. The van der Waals surface area contributed by atoms with Crippen LogP contribution < -0.4 is 5.32 Å². The minimum absolute atomic E-state index is 0.762. The van der Waals surface area contributed by atoms with Crippen LogP contribution in [0.5, 0.6) is 0 Å². The molecule has 1 N–H and O–H groups in total. The Morgan fingerprint density at radius 2 is 2.00 bits per heavy atom.